The number of Topliss-reactive ketones (excluding diaryl/α,β-unsaturated/α-hetero) is 1. The van der Waals surface area contributed by atoms with Crippen LogP contribution in [0.4, 0.5) is 0 Å². The molecule has 1 amide bonds. The quantitative estimate of drug-likeness (QED) is 0.197. The number of ketones is 1. The molecule has 1 aliphatic heterocycles. The standard InChI is InChI=1S/C33H38N2O4/c1-22(2)25-10-12-26(13-11-25)30-29(32(37)33(38)35(30)19-7-18-34(4)5)31(36)27-14-16-28(17-15-27)39-21-24-9-6-8-23(3)20-24/h6,8-17,20,22,30,36H,7,18-19,21H2,1-5H3. The normalized spacial score (nSPS) is 16.9. The molecule has 1 heterocycles. The molecule has 1 aliphatic rings. The molecule has 1 unspecified atom stereocenters. The molecule has 1 atom stereocenters. The highest BCUT2D eigenvalue weighted by Crippen LogP contribution is 2.40. The molecule has 1 saturated heterocycles. The second kappa shape index (κ2) is 12.3. The van der Waals surface area contributed by atoms with Crippen LogP contribution in [0, 0.1) is 6.92 Å². The molecule has 6 heteroatoms. The number of carbonyl (C=O) groups is 2. The van der Waals surface area contributed by atoms with Crippen molar-refractivity contribution in [2.75, 3.05) is 27.2 Å². The van der Waals surface area contributed by atoms with Crippen molar-refractivity contribution in [3.05, 3.63) is 106 Å². The van der Waals surface area contributed by atoms with Crippen molar-refractivity contribution in [2.24, 2.45) is 0 Å². The van der Waals surface area contributed by atoms with Gasteiger partial charge in [-0.2, -0.15) is 0 Å². The average molecular weight is 527 g/mol. The first-order valence-electron chi connectivity index (χ1n) is 13.5. The molecular formula is C33H38N2O4. The van der Waals surface area contributed by atoms with Crippen LogP contribution >= 0.6 is 0 Å². The zero-order valence-electron chi connectivity index (χ0n) is 23.5. The Hall–Kier alpha value is -3.90. The minimum atomic E-state index is -0.657. The molecule has 3 aromatic carbocycles. The third-order valence-electron chi connectivity index (χ3n) is 7.08. The highest BCUT2D eigenvalue weighted by Gasteiger charge is 2.45. The molecule has 4 rings (SSSR count). The molecular weight excluding hydrogens is 488 g/mol. The van der Waals surface area contributed by atoms with E-state index in [1.165, 1.54) is 11.1 Å². The largest absolute Gasteiger partial charge is 0.507 e. The molecule has 3 aromatic rings. The van der Waals surface area contributed by atoms with Crippen LogP contribution in [0.15, 0.2) is 78.4 Å². The van der Waals surface area contributed by atoms with Crippen molar-refractivity contribution < 1.29 is 19.4 Å². The Morgan fingerprint density at radius 2 is 1.69 bits per heavy atom. The van der Waals surface area contributed by atoms with Gasteiger partial charge in [-0.3, -0.25) is 9.59 Å². The van der Waals surface area contributed by atoms with Crippen LogP contribution in [-0.2, 0) is 16.2 Å². The van der Waals surface area contributed by atoms with Crippen LogP contribution in [0.25, 0.3) is 5.76 Å². The van der Waals surface area contributed by atoms with Gasteiger partial charge in [0.15, 0.2) is 0 Å². The number of rotatable bonds is 10. The lowest BCUT2D eigenvalue weighted by molar-refractivity contribution is -0.139. The second-order valence-corrected chi connectivity index (χ2v) is 10.8. The minimum Gasteiger partial charge on any atom is -0.507 e. The van der Waals surface area contributed by atoms with E-state index in [1.54, 1.807) is 29.2 Å². The maximum absolute atomic E-state index is 13.3. The number of hydrogen-bond acceptors (Lipinski definition) is 5. The number of ether oxygens (including phenoxy) is 1. The number of nitrogens with zero attached hydrogens (tertiary/aromatic N) is 2. The van der Waals surface area contributed by atoms with Gasteiger partial charge in [0, 0.05) is 12.1 Å². The first kappa shape index (κ1) is 28.1. The second-order valence-electron chi connectivity index (χ2n) is 10.8. The Morgan fingerprint density at radius 3 is 2.31 bits per heavy atom. The van der Waals surface area contributed by atoms with Crippen LogP contribution in [0.1, 0.15) is 60.0 Å². The van der Waals surface area contributed by atoms with Crippen molar-refractivity contribution in [3.8, 4) is 5.75 Å². The van der Waals surface area contributed by atoms with Gasteiger partial charge in [0.25, 0.3) is 11.7 Å². The summed E-state index contributed by atoms with van der Waals surface area (Å²) in [5, 5.41) is 11.4. The topological polar surface area (TPSA) is 70.1 Å². The van der Waals surface area contributed by atoms with Crippen LogP contribution < -0.4 is 4.74 Å². The van der Waals surface area contributed by atoms with Gasteiger partial charge in [0.05, 0.1) is 11.6 Å². The Morgan fingerprint density at radius 1 is 1.00 bits per heavy atom. The first-order chi connectivity index (χ1) is 18.7. The highest BCUT2D eigenvalue weighted by molar-refractivity contribution is 6.46. The molecule has 0 aliphatic carbocycles. The summed E-state index contributed by atoms with van der Waals surface area (Å²) in [5.41, 5.74) is 4.80. The maximum Gasteiger partial charge on any atom is 0.295 e. The molecule has 39 heavy (non-hydrogen) atoms. The van der Waals surface area contributed by atoms with E-state index in [9.17, 15) is 14.7 Å². The molecule has 0 bridgehead atoms. The smallest absolute Gasteiger partial charge is 0.295 e. The lowest BCUT2D eigenvalue weighted by Crippen LogP contribution is -2.32. The molecule has 0 aromatic heterocycles. The maximum atomic E-state index is 13.3. The molecule has 1 fully saturated rings. The number of hydrogen-bond donors (Lipinski definition) is 1. The molecule has 0 radical (unpaired) electrons. The number of carbonyl (C=O) groups excluding carboxylic acids is 2. The number of aliphatic hydroxyl groups excluding tert-OH is 1. The van der Waals surface area contributed by atoms with E-state index in [-0.39, 0.29) is 11.3 Å². The van der Waals surface area contributed by atoms with E-state index >= 15 is 0 Å². The van der Waals surface area contributed by atoms with Gasteiger partial charge in [0.1, 0.15) is 18.1 Å². The third kappa shape index (κ3) is 6.58. The lowest BCUT2D eigenvalue weighted by atomic mass is 9.93. The number of likely N-dealkylation sites (tertiary alicyclic amines) is 1. The van der Waals surface area contributed by atoms with Gasteiger partial charge in [0.2, 0.25) is 0 Å². The molecule has 1 N–H and O–H groups in total. The monoisotopic (exact) mass is 526 g/mol. The third-order valence-corrected chi connectivity index (χ3v) is 7.08. The summed E-state index contributed by atoms with van der Waals surface area (Å²) in [7, 11) is 3.95. The van der Waals surface area contributed by atoms with E-state index in [0.29, 0.717) is 36.8 Å². The molecule has 0 saturated carbocycles. The van der Waals surface area contributed by atoms with Crippen molar-refractivity contribution in [1.29, 1.82) is 0 Å². The number of benzene rings is 3. The van der Waals surface area contributed by atoms with Crippen molar-refractivity contribution >= 4 is 17.4 Å². The van der Waals surface area contributed by atoms with E-state index in [0.717, 1.165) is 17.7 Å². The first-order valence-corrected chi connectivity index (χ1v) is 13.5. The fourth-order valence-electron chi connectivity index (χ4n) is 4.91. The molecule has 204 valence electrons. The summed E-state index contributed by atoms with van der Waals surface area (Å²) in [6, 6.07) is 22.4. The lowest BCUT2D eigenvalue weighted by Gasteiger charge is -2.26. The van der Waals surface area contributed by atoms with Crippen LogP contribution in [0.2, 0.25) is 0 Å². The summed E-state index contributed by atoms with van der Waals surface area (Å²) >= 11 is 0. The Kier molecular flexibility index (Phi) is 8.87. The van der Waals surface area contributed by atoms with E-state index in [4.69, 9.17) is 4.74 Å². The van der Waals surface area contributed by atoms with Gasteiger partial charge >= 0.3 is 0 Å². The molecule has 0 spiro atoms. The van der Waals surface area contributed by atoms with Crippen molar-refractivity contribution in [3.63, 3.8) is 0 Å². The summed E-state index contributed by atoms with van der Waals surface area (Å²) in [5.74, 6) is -0.400. The number of aliphatic hydroxyl groups is 1. The Labute approximate surface area is 231 Å². The predicted octanol–water partition coefficient (Wildman–Crippen LogP) is 6.07. The fraction of sp³-hybridized carbons (Fsp3) is 0.333. The average Bonchev–Trinajstić information content (AvgIpc) is 3.17. The Balaban J connectivity index is 1.64. The van der Waals surface area contributed by atoms with Gasteiger partial charge < -0.3 is 19.6 Å². The van der Waals surface area contributed by atoms with Gasteiger partial charge in [-0.15, -0.1) is 0 Å². The van der Waals surface area contributed by atoms with Crippen LogP contribution in [0.5, 0.6) is 5.75 Å². The SMILES string of the molecule is Cc1cccc(COc2ccc(C(O)=C3C(=O)C(=O)N(CCCN(C)C)C3c3ccc(C(C)C)cc3)cc2)c1. The summed E-state index contributed by atoms with van der Waals surface area (Å²) < 4.78 is 5.92. The van der Waals surface area contributed by atoms with E-state index in [2.05, 4.69) is 19.9 Å². The summed E-state index contributed by atoms with van der Waals surface area (Å²) in [6.45, 7) is 7.91. The van der Waals surface area contributed by atoms with E-state index < -0.39 is 17.7 Å². The highest BCUT2D eigenvalue weighted by atomic mass is 16.5. The minimum absolute atomic E-state index is 0.121. The van der Waals surface area contributed by atoms with Crippen molar-refractivity contribution in [1.82, 2.24) is 9.80 Å². The van der Waals surface area contributed by atoms with E-state index in [1.807, 2.05) is 68.4 Å². The van der Waals surface area contributed by atoms with Crippen molar-refractivity contribution in [2.45, 2.75) is 45.8 Å². The van der Waals surface area contributed by atoms with Gasteiger partial charge in [-0.25, -0.2) is 0 Å². The van der Waals surface area contributed by atoms with Gasteiger partial charge in [-0.1, -0.05) is 67.9 Å². The predicted molar refractivity (Wildman–Crippen MR) is 155 cm³/mol. The van der Waals surface area contributed by atoms with Crippen LogP contribution in [-0.4, -0.2) is 53.8 Å². The fourth-order valence-corrected chi connectivity index (χ4v) is 4.91. The summed E-state index contributed by atoms with van der Waals surface area (Å²) in [6.07, 6.45) is 0.716. The van der Waals surface area contributed by atoms with Crippen LogP contribution in [0.3, 0.4) is 0 Å². The molecule has 6 nitrogen and oxygen atoms in total. The summed E-state index contributed by atoms with van der Waals surface area (Å²) in [4.78, 5) is 30.1. The zero-order chi connectivity index (χ0) is 28.1. The Bertz CT molecular complexity index is 1340. The zero-order valence-corrected chi connectivity index (χ0v) is 23.5. The van der Waals surface area contributed by atoms with Gasteiger partial charge in [-0.05, 0) is 80.9 Å². The number of aryl methyl sites for hydroxylation is 1. The number of amides is 1.